The van der Waals surface area contributed by atoms with Gasteiger partial charge in [0.05, 0.1) is 17.8 Å². The van der Waals surface area contributed by atoms with E-state index in [0.717, 1.165) is 61.1 Å². The second-order valence-electron chi connectivity index (χ2n) is 8.65. The van der Waals surface area contributed by atoms with Gasteiger partial charge in [-0.25, -0.2) is 9.97 Å². The SMILES string of the molecule is CCc1nnc(-c2cccc(N3Cc4c(cc(N5CCC[C@H]5C)nc4CN)C3=O)n2)n1CC. The highest BCUT2D eigenvalue weighted by Gasteiger charge is 2.34. The molecule has 0 aromatic carbocycles. The molecule has 172 valence electrons. The van der Waals surface area contributed by atoms with Crippen LogP contribution in [-0.2, 0) is 26.1 Å². The van der Waals surface area contributed by atoms with Crippen molar-refractivity contribution in [3.8, 4) is 11.5 Å². The fourth-order valence-corrected chi connectivity index (χ4v) is 4.94. The molecular weight excluding hydrogens is 416 g/mol. The smallest absolute Gasteiger partial charge is 0.260 e. The number of hydrogen-bond acceptors (Lipinski definition) is 7. The molecule has 0 saturated carbocycles. The number of rotatable bonds is 6. The number of aryl methyl sites for hydroxylation is 1. The molecule has 1 fully saturated rings. The standard InChI is InChI=1S/C24H30N8O/c1-4-20-28-29-23(30(20)5-2)18-9-6-10-21(26-18)32-14-17-16(24(32)33)12-22(27-19(17)13-25)31-11-7-8-15(31)3/h6,9-10,12,15H,4-5,7-8,11,13-14,25H2,1-3H3/t15-/m1/s1. The van der Waals surface area contributed by atoms with Gasteiger partial charge in [-0.2, -0.15) is 0 Å². The quantitative estimate of drug-likeness (QED) is 0.620. The first kappa shape index (κ1) is 21.5. The zero-order valence-corrected chi connectivity index (χ0v) is 19.5. The predicted octanol–water partition coefficient (Wildman–Crippen LogP) is 2.93. The Bertz CT molecular complexity index is 1200. The molecule has 0 unspecified atom stereocenters. The lowest BCUT2D eigenvalue weighted by Crippen LogP contribution is -2.28. The number of anilines is 2. The topological polar surface area (TPSA) is 106 Å². The maximum absolute atomic E-state index is 13.5. The third-order valence-corrected chi connectivity index (χ3v) is 6.73. The van der Waals surface area contributed by atoms with E-state index >= 15 is 0 Å². The van der Waals surface area contributed by atoms with Crippen molar-refractivity contribution >= 4 is 17.5 Å². The summed E-state index contributed by atoms with van der Waals surface area (Å²) in [6, 6.07) is 8.03. The molecule has 0 radical (unpaired) electrons. The van der Waals surface area contributed by atoms with Gasteiger partial charge in [0.1, 0.15) is 23.2 Å². The zero-order valence-electron chi connectivity index (χ0n) is 19.5. The van der Waals surface area contributed by atoms with Gasteiger partial charge in [-0.15, -0.1) is 10.2 Å². The average molecular weight is 447 g/mol. The predicted molar refractivity (Wildman–Crippen MR) is 127 cm³/mol. The van der Waals surface area contributed by atoms with E-state index < -0.39 is 0 Å². The summed E-state index contributed by atoms with van der Waals surface area (Å²) in [5.41, 5.74) is 9.12. The molecule has 1 amide bonds. The Morgan fingerprint density at radius 3 is 2.70 bits per heavy atom. The van der Waals surface area contributed by atoms with E-state index in [1.165, 1.54) is 0 Å². The fraction of sp³-hybridized carbons (Fsp3) is 0.458. The highest BCUT2D eigenvalue weighted by Crippen LogP contribution is 2.34. The lowest BCUT2D eigenvalue weighted by Gasteiger charge is -2.23. The highest BCUT2D eigenvalue weighted by molar-refractivity contribution is 6.10. The molecule has 0 bridgehead atoms. The van der Waals surface area contributed by atoms with Crippen molar-refractivity contribution in [1.29, 1.82) is 0 Å². The summed E-state index contributed by atoms with van der Waals surface area (Å²) in [4.78, 5) is 27.1. The number of amides is 1. The Morgan fingerprint density at radius 2 is 2.00 bits per heavy atom. The first-order valence-corrected chi connectivity index (χ1v) is 11.8. The van der Waals surface area contributed by atoms with Gasteiger partial charge in [0.25, 0.3) is 5.91 Å². The van der Waals surface area contributed by atoms with Crippen molar-refractivity contribution in [2.45, 2.75) is 65.7 Å². The van der Waals surface area contributed by atoms with Crippen LogP contribution in [0.1, 0.15) is 61.1 Å². The normalized spacial score (nSPS) is 17.8. The monoisotopic (exact) mass is 446 g/mol. The third-order valence-electron chi connectivity index (χ3n) is 6.73. The molecule has 2 aliphatic heterocycles. The van der Waals surface area contributed by atoms with Crippen LogP contribution in [0, 0.1) is 0 Å². The number of hydrogen-bond donors (Lipinski definition) is 1. The largest absolute Gasteiger partial charge is 0.354 e. The van der Waals surface area contributed by atoms with Crippen LogP contribution in [0.15, 0.2) is 24.3 Å². The molecule has 2 N–H and O–H groups in total. The van der Waals surface area contributed by atoms with Crippen LogP contribution >= 0.6 is 0 Å². The lowest BCUT2D eigenvalue weighted by atomic mass is 10.1. The Kier molecular flexibility index (Phi) is 5.57. The first-order chi connectivity index (χ1) is 16.0. The first-order valence-electron chi connectivity index (χ1n) is 11.8. The molecule has 9 nitrogen and oxygen atoms in total. The minimum atomic E-state index is -0.0638. The van der Waals surface area contributed by atoms with Crippen LogP contribution in [0.3, 0.4) is 0 Å². The highest BCUT2D eigenvalue weighted by atomic mass is 16.2. The van der Waals surface area contributed by atoms with Crippen LogP contribution in [-0.4, -0.2) is 43.2 Å². The van der Waals surface area contributed by atoms with Gasteiger partial charge >= 0.3 is 0 Å². The molecular formula is C24H30N8O. The second kappa shape index (κ2) is 8.55. The van der Waals surface area contributed by atoms with Gasteiger partial charge in [-0.05, 0) is 44.9 Å². The van der Waals surface area contributed by atoms with Gasteiger partial charge in [-0.3, -0.25) is 9.69 Å². The summed E-state index contributed by atoms with van der Waals surface area (Å²) < 4.78 is 2.06. The van der Waals surface area contributed by atoms with Crippen LogP contribution in [0.2, 0.25) is 0 Å². The number of pyridine rings is 2. The van der Waals surface area contributed by atoms with Crippen molar-refractivity contribution in [3.05, 3.63) is 46.9 Å². The van der Waals surface area contributed by atoms with Gasteiger partial charge < -0.3 is 15.2 Å². The fourth-order valence-electron chi connectivity index (χ4n) is 4.94. The van der Waals surface area contributed by atoms with E-state index in [4.69, 9.17) is 15.7 Å². The molecule has 5 rings (SSSR count). The molecule has 3 aromatic heterocycles. The Hall–Kier alpha value is -3.33. The summed E-state index contributed by atoms with van der Waals surface area (Å²) >= 11 is 0. The third kappa shape index (κ3) is 3.56. The van der Waals surface area contributed by atoms with Gasteiger partial charge in [-0.1, -0.05) is 13.0 Å². The number of carbonyl (C=O) groups excluding carboxylic acids is 1. The Morgan fingerprint density at radius 1 is 1.15 bits per heavy atom. The molecule has 0 aliphatic carbocycles. The molecule has 33 heavy (non-hydrogen) atoms. The molecule has 5 heterocycles. The Balaban J connectivity index is 1.50. The maximum atomic E-state index is 13.5. The van der Waals surface area contributed by atoms with Gasteiger partial charge in [0.2, 0.25) is 0 Å². The molecule has 0 spiro atoms. The van der Waals surface area contributed by atoms with E-state index in [2.05, 4.69) is 40.4 Å². The van der Waals surface area contributed by atoms with Crippen LogP contribution in [0.25, 0.3) is 11.5 Å². The molecule has 1 saturated heterocycles. The summed E-state index contributed by atoms with van der Waals surface area (Å²) in [6.45, 7) is 8.76. The minimum absolute atomic E-state index is 0.0638. The Labute approximate surface area is 193 Å². The number of aromatic nitrogens is 5. The molecule has 1 atom stereocenters. The zero-order chi connectivity index (χ0) is 23.1. The van der Waals surface area contributed by atoms with Gasteiger partial charge in [0.15, 0.2) is 5.82 Å². The van der Waals surface area contributed by atoms with E-state index in [1.807, 2.05) is 24.3 Å². The summed E-state index contributed by atoms with van der Waals surface area (Å²) in [7, 11) is 0. The van der Waals surface area contributed by atoms with Crippen molar-refractivity contribution in [2.24, 2.45) is 5.73 Å². The van der Waals surface area contributed by atoms with Crippen molar-refractivity contribution in [1.82, 2.24) is 24.7 Å². The summed E-state index contributed by atoms with van der Waals surface area (Å²) in [5.74, 6) is 3.02. The van der Waals surface area contributed by atoms with Crippen molar-refractivity contribution < 1.29 is 4.79 Å². The number of nitrogens with zero attached hydrogens (tertiary/aromatic N) is 7. The molecule has 9 heteroatoms. The summed E-state index contributed by atoms with van der Waals surface area (Å²) in [6.07, 6.45) is 3.07. The number of fused-ring (bicyclic) bond motifs is 1. The van der Waals surface area contributed by atoms with Crippen molar-refractivity contribution in [2.75, 3.05) is 16.3 Å². The minimum Gasteiger partial charge on any atom is -0.354 e. The molecule has 2 aliphatic rings. The van der Waals surface area contributed by atoms with E-state index in [9.17, 15) is 4.79 Å². The number of nitrogens with two attached hydrogens (primary N) is 1. The van der Waals surface area contributed by atoms with E-state index in [1.54, 1.807) is 4.90 Å². The van der Waals surface area contributed by atoms with Crippen molar-refractivity contribution in [3.63, 3.8) is 0 Å². The number of carbonyl (C=O) groups is 1. The maximum Gasteiger partial charge on any atom is 0.260 e. The second-order valence-corrected chi connectivity index (χ2v) is 8.65. The molecule has 3 aromatic rings. The van der Waals surface area contributed by atoms with Crippen LogP contribution in [0.5, 0.6) is 0 Å². The lowest BCUT2D eigenvalue weighted by molar-refractivity contribution is 0.0996. The average Bonchev–Trinajstić information content (AvgIpc) is 3.55. The van der Waals surface area contributed by atoms with Gasteiger partial charge in [0, 0.05) is 37.7 Å². The van der Waals surface area contributed by atoms with Crippen LogP contribution < -0.4 is 15.5 Å². The summed E-state index contributed by atoms with van der Waals surface area (Å²) in [5, 5.41) is 8.66. The van der Waals surface area contributed by atoms with E-state index in [-0.39, 0.29) is 5.91 Å². The van der Waals surface area contributed by atoms with E-state index in [0.29, 0.717) is 36.2 Å². The van der Waals surface area contributed by atoms with Crippen LogP contribution in [0.4, 0.5) is 11.6 Å².